The molecule has 1 aliphatic heterocycles. The van der Waals surface area contributed by atoms with Crippen molar-refractivity contribution in [2.75, 3.05) is 13.6 Å². The molecule has 0 saturated carbocycles. The lowest BCUT2D eigenvalue weighted by atomic mass is 10.1. The average Bonchev–Trinajstić information content (AvgIpc) is 3.31. The van der Waals surface area contributed by atoms with Crippen LogP contribution < -0.4 is 0 Å². The standard InChI is InChI=1S/C18H19N5O/c1-21-11-14(10-17(21)24)12-22-9-7-20-18(22)15-2-4-16(5-3-15)23-8-6-19-13-23/h2-9,13-14H,10-12H2,1H3. The highest BCUT2D eigenvalue weighted by molar-refractivity contribution is 5.78. The van der Waals surface area contributed by atoms with E-state index in [-0.39, 0.29) is 5.91 Å². The molecule has 6 nitrogen and oxygen atoms in total. The van der Waals surface area contributed by atoms with E-state index in [0.717, 1.165) is 30.2 Å². The molecular formula is C18H19N5O. The molecular weight excluding hydrogens is 302 g/mol. The van der Waals surface area contributed by atoms with Crippen LogP contribution in [0.3, 0.4) is 0 Å². The summed E-state index contributed by atoms with van der Waals surface area (Å²) >= 11 is 0. The van der Waals surface area contributed by atoms with E-state index >= 15 is 0 Å². The predicted molar refractivity (Wildman–Crippen MR) is 90.5 cm³/mol. The molecule has 4 rings (SSSR count). The number of hydrogen-bond donors (Lipinski definition) is 0. The number of hydrogen-bond acceptors (Lipinski definition) is 3. The lowest BCUT2D eigenvalue weighted by molar-refractivity contribution is -0.126. The summed E-state index contributed by atoms with van der Waals surface area (Å²) in [6.45, 7) is 1.63. The van der Waals surface area contributed by atoms with E-state index in [2.05, 4.69) is 38.8 Å². The van der Waals surface area contributed by atoms with Crippen LogP contribution in [0.1, 0.15) is 6.42 Å². The third-order valence-corrected chi connectivity index (χ3v) is 4.52. The second-order valence-electron chi connectivity index (χ2n) is 6.26. The minimum Gasteiger partial charge on any atom is -0.345 e. The lowest BCUT2D eigenvalue weighted by Crippen LogP contribution is -2.20. The van der Waals surface area contributed by atoms with Gasteiger partial charge >= 0.3 is 0 Å². The Hall–Kier alpha value is -2.89. The van der Waals surface area contributed by atoms with Crippen LogP contribution in [0, 0.1) is 5.92 Å². The summed E-state index contributed by atoms with van der Waals surface area (Å²) in [4.78, 5) is 22.1. The molecule has 2 aromatic heterocycles. The van der Waals surface area contributed by atoms with E-state index in [1.165, 1.54) is 0 Å². The maximum absolute atomic E-state index is 11.7. The summed E-state index contributed by atoms with van der Waals surface area (Å²) in [7, 11) is 1.87. The van der Waals surface area contributed by atoms with E-state index in [0.29, 0.717) is 12.3 Å². The van der Waals surface area contributed by atoms with Crippen molar-refractivity contribution in [1.29, 1.82) is 0 Å². The van der Waals surface area contributed by atoms with Gasteiger partial charge in [-0.25, -0.2) is 9.97 Å². The van der Waals surface area contributed by atoms with Crippen molar-refractivity contribution in [1.82, 2.24) is 24.0 Å². The van der Waals surface area contributed by atoms with Crippen molar-refractivity contribution in [3.05, 3.63) is 55.4 Å². The van der Waals surface area contributed by atoms with Crippen molar-refractivity contribution in [2.45, 2.75) is 13.0 Å². The number of carbonyl (C=O) groups is 1. The Morgan fingerprint density at radius 1 is 1.17 bits per heavy atom. The van der Waals surface area contributed by atoms with Crippen LogP contribution in [-0.4, -0.2) is 43.5 Å². The molecule has 24 heavy (non-hydrogen) atoms. The van der Waals surface area contributed by atoms with E-state index in [1.807, 2.05) is 30.2 Å². The normalized spacial score (nSPS) is 17.6. The first-order chi connectivity index (χ1) is 11.7. The average molecular weight is 321 g/mol. The summed E-state index contributed by atoms with van der Waals surface area (Å²) in [6, 6.07) is 8.26. The molecule has 122 valence electrons. The van der Waals surface area contributed by atoms with E-state index in [1.54, 1.807) is 17.4 Å². The van der Waals surface area contributed by atoms with Crippen molar-refractivity contribution >= 4 is 5.91 Å². The van der Waals surface area contributed by atoms with E-state index in [9.17, 15) is 4.79 Å². The fourth-order valence-electron chi connectivity index (χ4n) is 3.27. The maximum atomic E-state index is 11.7. The Bertz CT molecular complexity index is 835. The monoisotopic (exact) mass is 321 g/mol. The first-order valence-electron chi connectivity index (χ1n) is 8.04. The molecule has 3 heterocycles. The van der Waals surface area contributed by atoms with Crippen LogP contribution in [0.4, 0.5) is 0 Å². The van der Waals surface area contributed by atoms with Gasteiger partial charge in [-0.15, -0.1) is 0 Å². The van der Waals surface area contributed by atoms with Crippen LogP contribution in [0.15, 0.2) is 55.4 Å². The molecule has 6 heteroatoms. The van der Waals surface area contributed by atoms with Gasteiger partial charge in [-0.2, -0.15) is 0 Å². The minimum atomic E-state index is 0.228. The summed E-state index contributed by atoms with van der Waals surface area (Å²) in [5.41, 5.74) is 2.14. The number of aromatic nitrogens is 4. The first-order valence-corrected chi connectivity index (χ1v) is 8.04. The van der Waals surface area contributed by atoms with Gasteiger partial charge in [0, 0.05) is 68.5 Å². The molecule has 1 aliphatic rings. The number of amides is 1. The van der Waals surface area contributed by atoms with Gasteiger partial charge in [-0.1, -0.05) is 0 Å². The Morgan fingerprint density at radius 3 is 2.67 bits per heavy atom. The van der Waals surface area contributed by atoms with E-state index < -0.39 is 0 Å². The van der Waals surface area contributed by atoms with Crippen LogP contribution in [-0.2, 0) is 11.3 Å². The van der Waals surface area contributed by atoms with Gasteiger partial charge in [0.2, 0.25) is 5.91 Å². The maximum Gasteiger partial charge on any atom is 0.222 e. The number of imidazole rings is 2. The molecule has 0 spiro atoms. The molecule has 3 aromatic rings. The van der Waals surface area contributed by atoms with Gasteiger partial charge in [-0.3, -0.25) is 4.79 Å². The summed E-state index contributed by atoms with van der Waals surface area (Å²) in [5.74, 6) is 1.52. The number of likely N-dealkylation sites (tertiary alicyclic amines) is 1. The summed E-state index contributed by atoms with van der Waals surface area (Å²) in [5, 5.41) is 0. The molecule has 1 unspecified atom stereocenters. The largest absolute Gasteiger partial charge is 0.345 e. The number of nitrogens with zero attached hydrogens (tertiary/aromatic N) is 5. The van der Waals surface area contributed by atoms with Crippen molar-refractivity contribution in [3.63, 3.8) is 0 Å². The molecule has 1 saturated heterocycles. The lowest BCUT2D eigenvalue weighted by Gasteiger charge is -2.13. The first kappa shape index (κ1) is 14.7. The van der Waals surface area contributed by atoms with Crippen LogP contribution >= 0.6 is 0 Å². The van der Waals surface area contributed by atoms with Gasteiger partial charge < -0.3 is 14.0 Å². The van der Waals surface area contributed by atoms with Crippen LogP contribution in [0.5, 0.6) is 0 Å². The second-order valence-corrected chi connectivity index (χ2v) is 6.26. The smallest absolute Gasteiger partial charge is 0.222 e. The number of carbonyl (C=O) groups excluding carboxylic acids is 1. The summed E-state index contributed by atoms with van der Waals surface area (Å²) in [6.07, 6.45) is 9.89. The van der Waals surface area contributed by atoms with Gasteiger partial charge in [0.05, 0.1) is 6.33 Å². The molecule has 0 radical (unpaired) electrons. The topological polar surface area (TPSA) is 56.0 Å². The van der Waals surface area contributed by atoms with E-state index in [4.69, 9.17) is 0 Å². The Morgan fingerprint density at radius 2 is 2.00 bits per heavy atom. The molecule has 1 fully saturated rings. The zero-order valence-electron chi connectivity index (χ0n) is 13.5. The molecule has 1 atom stereocenters. The minimum absolute atomic E-state index is 0.228. The highest BCUT2D eigenvalue weighted by atomic mass is 16.2. The highest BCUT2D eigenvalue weighted by Crippen LogP contribution is 2.23. The third kappa shape index (κ3) is 2.71. The van der Waals surface area contributed by atoms with Crippen LogP contribution in [0.25, 0.3) is 17.1 Å². The van der Waals surface area contributed by atoms with Crippen molar-refractivity contribution in [3.8, 4) is 17.1 Å². The Labute approximate surface area is 140 Å². The zero-order chi connectivity index (χ0) is 16.5. The molecule has 0 aliphatic carbocycles. The third-order valence-electron chi connectivity index (χ3n) is 4.52. The molecule has 1 aromatic carbocycles. The fourth-order valence-corrected chi connectivity index (χ4v) is 3.27. The highest BCUT2D eigenvalue weighted by Gasteiger charge is 2.27. The number of benzene rings is 1. The molecule has 0 bridgehead atoms. The van der Waals surface area contributed by atoms with Gasteiger partial charge in [0.15, 0.2) is 0 Å². The van der Waals surface area contributed by atoms with Crippen molar-refractivity contribution in [2.24, 2.45) is 5.92 Å². The molecule has 1 amide bonds. The van der Waals surface area contributed by atoms with Crippen LogP contribution in [0.2, 0.25) is 0 Å². The Kier molecular flexibility index (Phi) is 3.65. The fraction of sp³-hybridized carbons (Fsp3) is 0.278. The quantitative estimate of drug-likeness (QED) is 0.740. The zero-order valence-corrected chi connectivity index (χ0v) is 13.5. The SMILES string of the molecule is CN1CC(Cn2ccnc2-c2ccc(-n3ccnc3)cc2)CC1=O. The van der Waals surface area contributed by atoms with Crippen molar-refractivity contribution < 1.29 is 4.79 Å². The second kappa shape index (κ2) is 5.96. The predicted octanol–water partition coefficient (Wildman–Crippen LogP) is 2.21. The van der Waals surface area contributed by atoms with Gasteiger partial charge in [-0.05, 0) is 24.3 Å². The Balaban J connectivity index is 1.55. The number of rotatable bonds is 4. The van der Waals surface area contributed by atoms with Gasteiger partial charge in [0.1, 0.15) is 5.82 Å². The molecule has 0 N–H and O–H groups in total. The van der Waals surface area contributed by atoms with Gasteiger partial charge in [0.25, 0.3) is 0 Å². The summed E-state index contributed by atoms with van der Waals surface area (Å²) < 4.78 is 4.11.